The summed E-state index contributed by atoms with van der Waals surface area (Å²) in [7, 11) is 0. The fourth-order valence-corrected chi connectivity index (χ4v) is 2.53. The van der Waals surface area contributed by atoms with Gasteiger partial charge < -0.3 is 10.6 Å². The first-order valence-corrected chi connectivity index (χ1v) is 7.23. The Labute approximate surface area is 135 Å². The van der Waals surface area contributed by atoms with Gasteiger partial charge in [0.25, 0.3) is 5.91 Å². The van der Waals surface area contributed by atoms with Gasteiger partial charge in [0.15, 0.2) is 5.69 Å². The molecule has 0 spiro atoms. The molecule has 6 nitrogen and oxygen atoms in total. The minimum Gasteiger partial charge on any atom is -0.320 e. The van der Waals surface area contributed by atoms with Crippen molar-refractivity contribution in [1.82, 2.24) is 20.3 Å². The third-order valence-corrected chi connectivity index (χ3v) is 3.82. The van der Waals surface area contributed by atoms with Crippen LogP contribution in [0, 0.1) is 6.92 Å². The summed E-state index contributed by atoms with van der Waals surface area (Å²) < 4.78 is 1.81. The summed E-state index contributed by atoms with van der Waals surface area (Å²) in [5.41, 5.74) is 2.19. The number of para-hydroxylation sites is 1. The van der Waals surface area contributed by atoms with Crippen molar-refractivity contribution in [3.63, 3.8) is 0 Å². The molecule has 1 aromatic heterocycles. The van der Waals surface area contributed by atoms with Gasteiger partial charge in [0.2, 0.25) is 0 Å². The number of rotatable bonds is 3. The minimum atomic E-state index is -0.218. The van der Waals surface area contributed by atoms with Crippen LogP contribution in [-0.2, 0) is 0 Å². The van der Waals surface area contributed by atoms with Crippen molar-refractivity contribution >= 4 is 24.0 Å². The predicted molar refractivity (Wildman–Crippen MR) is 87.5 cm³/mol. The average Bonchev–Trinajstić information content (AvgIpc) is 3.00. The Kier molecular flexibility index (Phi) is 5.51. The Morgan fingerprint density at radius 2 is 2.05 bits per heavy atom. The van der Waals surface area contributed by atoms with Gasteiger partial charge >= 0.3 is 0 Å². The molecule has 1 saturated heterocycles. The van der Waals surface area contributed by atoms with Gasteiger partial charge in [0.05, 0.1) is 12.2 Å². The van der Waals surface area contributed by atoms with Crippen LogP contribution in [-0.4, -0.2) is 34.0 Å². The van der Waals surface area contributed by atoms with Crippen LogP contribution >= 0.6 is 12.4 Å². The topological polar surface area (TPSA) is 71.8 Å². The number of aryl methyl sites for hydroxylation is 1. The van der Waals surface area contributed by atoms with Gasteiger partial charge in [-0.05, 0) is 44.5 Å². The molecule has 0 unspecified atom stereocenters. The van der Waals surface area contributed by atoms with Crippen LogP contribution in [0.1, 0.15) is 34.9 Å². The van der Waals surface area contributed by atoms with E-state index in [0.29, 0.717) is 11.7 Å². The molecular weight excluding hydrogens is 302 g/mol. The van der Waals surface area contributed by atoms with E-state index in [0.717, 1.165) is 37.2 Å². The van der Waals surface area contributed by atoms with Gasteiger partial charge in [0.1, 0.15) is 0 Å². The summed E-state index contributed by atoms with van der Waals surface area (Å²) in [5.74, 6) is -0.218. The van der Waals surface area contributed by atoms with Crippen LogP contribution in [0.15, 0.2) is 30.5 Å². The summed E-state index contributed by atoms with van der Waals surface area (Å²) >= 11 is 0. The summed E-state index contributed by atoms with van der Waals surface area (Å²) in [6.45, 7) is 3.92. The molecule has 0 saturated carbocycles. The standard InChI is InChI=1S/C15H19N5O.ClH/c1-11-4-2-3-5-13(11)17-15(21)14-10-20(19-18-14)12-6-8-16-9-7-12;/h2-5,10,12,16H,6-9H2,1H3,(H,17,21);1H. The first kappa shape index (κ1) is 16.5. The molecule has 0 atom stereocenters. The maximum Gasteiger partial charge on any atom is 0.277 e. The lowest BCUT2D eigenvalue weighted by atomic mass is 10.1. The molecule has 0 radical (unpaired) electrons. The second-order valence-corrected chi connectivity index (χ2v) is 5.33. The first-order chi connectivity index (χ1) is 10.2. The number of carbonyl (C=O) groups excluding carboxylic acids is 1. The Balaban J connectivity index is 0.00000176. The highest BCUT2D eigenvalue weighted by atomic mass is 35.5. The highest BCUT2D eigenvalue weighted by Gasteiger charge is 2.18. The van der Waals surface area contributed by atoms with E-state index < -0.39 is 0 Å². The van der Waals surface area contributed by atoms with Gasteiger partial charge in [-0.25, -0.2) is 4.68 Å². The quantitative estimate of drug-likeness (QED) is 0.909. The molecule has 22 heavy (non-hydrogen) atoms. The van der Waals surface area contributed by atoms with Crippen molar-refractivity contribution in [2.45, 2.75) is 25.8 Å². The van der Waals surface area contributed by atoms with E-state index in [1.165, 1.54) is 0 Å². The van der Waals surface area contributed by atoms with Crippen LogP contribution in [0.2, 0.25) is 0 Å². The summed E-state index contributed by atoms with van der Waals surface area (Å²) in [6, 6.07) is 8.01. The lowest BCUT2D eigenvalue weighted by Crippen LogP contribution is -2.29. The number of hydrogen-bond donors (Lipinski definition) is 2. The van der Waals surface area contributed by atoms with Crippen LogP contribution < -0.4 is 10.6 Å². The van der Waals surface area contributed by atoms with Crippen molar-refractivity contribution in [2.24, 2.45) is 0 Å². The van der Waals surface area contributed by atoms with E-state index in [9.17, 15) is 4.79 Å². The molecule has 0 aliphatic carbocycles. The fraction of sp³-hybridized carbons (Fsp3) is 0.400. The Hall–Kier alpha value is -1.92. The Morgan fingerprint density at radius 1 is 1.32 bits per heavy atom. The predicted octanol–water partition coefficient (Wildman–Crippen LogP) is 2.19. The largest absolute Gasteiger partial charge is 0.320 e. The highest BCUT2D eigenvalue weighted by molar-refractivity contribution is 6.02. The van der Waals surface area contributed by atoms with E-state index in [1.807, 2.05) is 35.9 Å². The lowest BCUT2D eigenvalue weighted by molar-refractivity contribution is 0.102. The van der Waals surface area contributed by atoms with Gasteiger partial charge in [-0.2, -0.15) is 0 Å². The zero-order chi connectivity index (χ0) is 14.7. The van der Waals surface area contributed by atoms with E-state index in [1.54, 1.807) is 6.20 Å². The van der Waals surface area contributed by atoms with Crippen molar-refractivity contribution < 1.29 is 4.79 Å². The molecule has 7 heteroatoms. The van der Waals surface area contributed by atoms with Crippen molar-refractivity contribution in [3.8, 4) is 0 Å². The number of aromatic nitrogens is 3. The lowest BCUT2D eigenvalue weighted by Gasteiger charge is -2.22. The molecular formula is C15H20ClN5O. The molecule has 2 heterocycles. The zero-order valence-electron chi connectivity index (χ0n) is 12.5. The third kappa shape index (κ3) is 3.64. The van der Waals surface area contributed by atoms with Crippen LogP contribution in [0.4, 0.5) is 5.69 Å². The molecule has 118 valence electrons. The van der Waals surface area contributed by atoms with Crippen molar-refractivity contribution in [2.75, 3.05) is 18.4 Å². The molecule has 3 rings (SSSR count). The van der Waals surface area contributed by atoms with Gasteiger partial charge in [0, 0.05) is 5.69 Å². The Bertz CT molecular complexity index is 636. The van der Waals surface area contributed by atoms with E-state index in [2.05, 4.69) is 20.9 Å². The number of amides is 1. The number of hydrogen-bond acceptors (Lipinski definition) is 4. The number of nitrogens with one attached hydrogen (secondary N) is 2. The second-order valence-electron chi connectivity index (χ2n) is 5.33. The normalized spacial score (nSPS) is 15.1. The zero-order valence-corrected chi connectivity index (χ0v) is 13.3. The smallest absolute Gasteiger partial charge is 0.277 e. The second kappa shape index (κ2) is 7.38. The number of nitrogens with zero attached hydrogens (tertiary/aromatic N) is 3. The summed E-state index contributed by atoms with van der Waals surface area (Å²) in [6.07, 6.45) is 3.77. The Morgan fingerprint density at radius 3 is 2.77 bits per heavy atom. The van der Waals surface area contributed by atoms with Crippen molar-refractivity contribution in [3.05, 3.63) is 41.7 Å². The summed E-state index contributed by atoms with van der Waals surface area (Å²) in [4.78, 5) is 12.2. The maximum absolute atomic E-state index is 12.2. The SMILES string of the molecule is Cc1ccccc1NC(=O)c1cn(C2CCNCC2)nn1.Cl. The van der Waals surface area contributed by atoms with Crippen molar-refractivity contribution in [1.29, 1.82) is 0 Å². The third-order valence-electron chi connectivity index (χ3n) is 3.82. The number of piperidine rings is 1. The van der Waals surface area contributed by atoms with Gasteiger partial charge in [-0.3, -0.25) is 4.79 Å². The molecule has 0 bridgehead atoms. The average molecular weight is 322 g/mol. The molecule has 2 aromatic rings. The molecule has 1 aromatic carbocycles. The first-order valence-electron chi connectivity index (χ1n) is 7.23. The highest BCUT2D eigenvalue weighted by Crippen LogP contribution is 2.18. The number of halogens is 1. The van der Waals surface area contributed by atoms with E-state index in [-0.39, 0.29) is 18.3 Å². The molecule has 1 aliphatic rings. The number of benzene rings is 1. The van der Waals surface area contributed by atoms with Gasteiger partial charge in [-0.15, -0.1) is 17.5 Å². The van der Waals surface area contributed by atoms with Crippen LogP contribution in [0.5, 0.6) is 0 Å². The molecule has 2 N–H and O–H groups in total. The van der Waals surface area contributed by atoms with Crippen LogP contribution in [0.25, 0.3) is 0 Å². The minimum absolute atomic E-state index is 0. The van der Waals surface area contributed by atoms with Gasteiger partial charge in [-0.1, -0.05) is 23.4 Å². The van der Waals surface area contributed by atoms with E-state index in [4.69, 9.17) is 0 Å². The molecule has 1 fully saturated rings. The monoisotopic (exact) mass is 321 g/mol. The van der Waals surface area contributed by atoms with Crippen LogP contribution in [0.3, 0.4) is 0 Å². The molecule has 1 aliphatic heterocycles. The number of carbonyl (C=O) groups is 1. The number of anilines is 1. The van der Waals surface area contributed by atoms with E-state index >= 15 is 0 Å². The summed E-state index contributed by atoms with van der Waals surface area (Å²) in [5, 5.41) is 14.3. The molecule has 1 amide bonds. The fourth-order valence-electron chi connectivity index (χ4n) is 2.53. The maximum atomic E-state index is 12.2.